The van der Waals surface area contributed by atoms with E-state index in [0.717, 1.165) is 12.8 Å². The third-order valence-corrected chi connectivity index (χ3v) is 2.58. The molecule has 0 bridgehead atoms. The summed E-state index contributed by atoms with van der Waals surface area (Å²) in [4.78, 5) is 21.6. The van der Waals surface area contributed by atoms with Crippen molar-refractivity contribution >= 4 is 11.9 Å². The van der Waals surface area contributed by atoms with Gasteiger partial charge in [0.05, 0.1) is 5.92 Å². The van der Waals surface area contributed by atoms with Crippen LogP contribution in [0.2, 0.25) is 0 Å². The molecule has 2 unspecified atom stereocenters. The van der Waals surface area contributed by atoms with Crippen molar-refractivity contribution in [2.45, 2.75) is 46.0 Å². The Hall–Kier alpha value is -1.06. The molecule has 2 atom stereocenters. The van der Waals surface area contributed by atoms with E-state index < -0.39 is 17.9 Å². The average Bonchev–Trinajstić information content (AvgIpc) is 2.12. The molecule has 15 heavy (non-hydrogen) atoms. The Morgan fingerprint density at radius 1 is 1.07 bits per heavy atom. The Morgan fingerprint density at radius 2 is 1.60 bits per heavy atom. The first kappa shape index (κ1) is 13.9. The van der Waals surface area contributed by atoms with Crippen molar-refractivity contribution in [3.63, 3.8) is 0 Å². The van der Waals surface area contributed by atoms with E-state index in [9.17, 15) is 9.59 Å². The Labute approximate surface area is 90.3 Å². The van der Waals surface area contributed by atoms with Gasteiger partial charge in [-0.15, -0.1) is 0 Å². The number of carboxylic acid groups (broad SMARTS) is 2. The standard InChI is InChI=1S/C11H20O4/c1-3-5-8(7-10(12)13)9(6-4-2)11(14)15/h8-9H,3-7H2,1-2H3,(H,12,13)(H,14,15). The third-order valence-electron chi connectivity index (χ3n) is 2.58. The fourth-order valence-corrected chi connectivity index (χ4v) is 1.91. The maximum Gasteiger partial charge on any atom is 0.306 e. The number of carbonyl (C=O) groups is 2. The van der Waals surface area contributed by atoms with Gasteiger partial charge in [0.1, 0.15) is 0 Å². The van der Waals surface area contributed by atoms with Crippen LogP contribution in [0.25, 0.3) is 0 Å². The molecule has 0 amide bonds. The van der Waals surface area contributed by atoms with E-state index in [4.69, 9.17) is 10.2 Å². The molecular weight excluding hydrogens is 196 g/mol. The van der Waals surface area contributed by atoms with Crippen LogP contribution >= 0.6 is 0 Å². The van der Waals surface area contributed by atoms with Gasteiger partial charge in [-0.1, -0.05) is 26.7 Å². The third kappa shape index (κ3) is 5.40. The zero-order chi connectivity index (χ0) is 11.8. The highest BCUT2D eigenvalue weighted by molar-refractivity contribution is 5.72. The van der Waals surface area contributed by atoms with Gasteiger partial charge in [0.2, 0.25) is 0 Å². The Bertz CT molecular complexity index is 213. The molecule has 0 spiro atoms. The molecule has 0 aromatic rings. The molecule has 4 heteroatoms. The van der Waals surface area contributed by atoms with Crippen LogP contribution in [0, 0.1) is 11.8 Å². The summed E-state index contributed by atoms with van der Waals surface area (Å²) in [5, 5.41) is 17.7. The van der Waals surface area contributed by atoms with Gasteiger partial charge >= 0.3 is 11.9 Å². The second-order valence-corrected chi connectivity index (χ2v) is 3.88. The van der Waals surface area contributed by atoms with Gasteiger partial charge < -0.3 is 10.2 Å². The van der Waals surface area contributed by atoms with Crippen LogP contribution in [-0.2, 0) is 9.59 Å². The monoisotopic (exact) mass is 216 g/mol. The molecule has 4 nitrogen and oxygen atoms in total. The Balaban J connectivity index is 4.50. The summed E-state index contributed by atoms with van der Waals surface area (Å²) in [6.45, 7) is 3.86. The normalized spacial score (nSPS) is 14.5. The highest BCUT2D eigenvalue weighted by Crippen LogP contribution is 2.26. The molecule has 0 rings (SSSR count). The molecule has 0 aromatic heterocycles. The second-order valence-electron chi connectivity index (χ2n) is 3.88. The summed E-state index contributed by atoms with van der Waals surface area (Å²) < 4.78 is 0. The first-order valence-electron chi connectivity index (χ1n) is 5.47. The molecular formula is C11H20O4. The second kappa shape index (κ2) is 7.26. The average molecular weight is 216 g/mol. The van der Waals surface area contributed by atoms with Gasteiger partial charge in [0.25, 0.3) is 0 Å². The van der Waals surface area contributed by atoms with E-state index in [1.54, 1.807) is 0 Å². The molecule has 0 radical (unpaired) electrons. The number of carboxylic acids is 2. The molecule has 0 saturated carbocycles. The summed E-state index contributed by atoms with van der Waals surface area (Å²) in [5.74, 6) is -2.51. The van der Waals surface area contributed by atoms with Gasteiger partial charge in [-0.05, 0) is 18.8 Å². The first-order chi connectivity index (χ1) is 7.02. The number of rotatable bonds is 8. The van der Waals surface area contributed by atoms with Crippen molar-refractivity contribution < 1.29 is 19.8 Å². The van der Waals surface area contributed by atoms with E-state index in [0.29, 0.717) is 12.8 Å². The van der Waals surface area contributed by atoms with Crippen LogP contribution in [0.1, 0.15) is 46.0 Å². The number of hydrogen-bond acceptors (Lipinski definition) is 2. The van der Waals surface area contributed by atoms with Crippen LogP contribution in [0.4, 0.5) is 0 Å². The van der Waals surface area contributed by atoms with Crippen molar-refractivity contribution in [3.05, 3.63) is 0 Å². The lowest BCUT2D eigenvalue weighted by molar-refractivity contribution is -0.146. The number of aliphatic carboxylic acids is 2. The lowest BCUT2D eigenvalue weighted by Crippen LogP contribution is -2.25. The minimum Gasteiger partial charge on any atom is -0.481 e. The van der Waals surface area contributed by atoms with Gasteiger partial charge in [0, 0.05) is 6.42 Å². The molecule has 0 aliphatic carbocycles. The van der Waals surface area contributed by atoms with Crippen LogP contribution in [-0.4, -0.2) is 22.2 Å². The van der Waals surface area contributed by atoms with Crippen molar-refractivity contribution in [1.82, 2.24) is 0 Å². The molecule has 0 aliphatic rings. The van der Waals surface area contributed by atoms with Crippen LogP contribution in [0.5, 0.6) is 0 Å². The maximum atomic E-state index is 11.0. The largest absolute Gasteiger partial charge is 0.481 e. The molecule has 0 aromatic carbocycles. The van der Waals surface area contributed by atoms with E-state index in [1.807, 2.05) is 13.8 Å². The Kier molecular flexibility index (Phi) is 6.75. The minimum atomic E-state index is -0.907. The molecule has 0 aliphatic heterocycles. The minimum absolute atomic E-state index is 0.0369. The van der Waals surface area contributed by atoms with E-state index in [2.05, 4.69) is 0 Å². The summed E-state index contributed by atoms with van der Waals surface area (Å²) in [7, 11) is 0. The van der Waals surface area contributed by atoms with Crippen molar-refractivity contribution in [2.24, 2.45) is 11.8 Å². The predicted octanol–water partition coefficient (Wildman–Crippen LogP) is 2.38. The quantitative estimate of drug-likeness (QED) is 0.653. The molecule has 0 heterocycles. The molecule has 2 N–H and O–H groups in total. The van der Waals surface area contributed by atoms with Crippen LogP contribution in [0.3, 0.4) is 0 Å². The fourth-order valence-electron chi connectivity index (χ4n) is 1.91. The van der Waals surface area contributed by atoms with Gasteiger partial charge in [-0.3, -0.25) is 9.59 Å². The highest BCUT2D eigenvalue weighted by atomic mass is 16.4. The smallest absolute Gasteiger partial charge is 0.306 e. The van der Waals surface area contributed by atoms with Crippen molar-refractivity contribution in [2.75, 3.05) is 0 Å². The van der Waals surface area contributed by atoms with Gasteiger partial charge in [-0.25, -0.2) is 0 Å². The lowest BCUT2D eigenvalue weighted by atomic mass is 9.83. The maximum absolute atomic E-state index is 11.0. The predicted molar refractivity (Wildman–Crippen MR) is 56.7 cm³/mol. The fraction of sp³-hybridized carbons (Fsp3) is 0.818. The zero-order valence-electron chi connectivity index (χ0n) is 9.40. The summed E-state index contributed by atoms with van der Waals surface area (Å²) >= 11 is 0. The van der Waals surface area contributed by atoms with E-state index in [1.165, 1.54) is 0 Å². The zero-order valence-corrected chi connectivity index (χ0v) is 9.40. The van der Waals surface area contributed by atoms with Crippen molar-refractivity contribution in [1.29, 1.82) is 0 Å². The van der Waals surface area contributed by atoms with Crippen LogP contribution < -0.4 is 0 Å². The molecule has 88 valence electrons. The highest BCUT2D eigenvalue weighted by Gasteiger charge is 2.28. The van der Waals surface area contributed by atoms with Gasteiger partial charge in [0.15, 0.2) is 0 Å². The first-order valence-corrected chi connectivity index (χ1v) is 5.47. The van der Waals surface area contributed by atoms with Crippen LogP contribution in [0.15, 0.2) is 0 Å². The summed E-state index contributed by atoms with van der Waals surface area (Å²) in [6, 6.07) is 0. The van der Waals surface area contributed by atoms with E-state index >= 15 is 0 Å². The Morgan fingerprint density at radius 3 is 1.93 bits per heavy atom. The SMILES string of the molecule is CCCC(CC(=O)O)C(CCC)C(=O)O. The molecule has 0 saturated heterocycles. The van der Waals surface area contributed by atoms with E-state index in [-0.39, 0.29) is 12.3 Å². The topological polar surface area (TPSA) is 74.6 Å². The number of hydrogen-bond donors (Lipinski definition) is 2. The summed E-state index contributed by atoms with van der Waals surface area (Å²) in [6.07, 6.45) is 2.80. The molecule has 0 fully saturated rings. The summed E-state index contributed by atoms with van der Waals surface area (Å²) in [5.41, 5.74) is 0. The lowest BCUT2D eigenvalue weighted by Gasteiger charge is -2.21. The van der Waals surface area contributed by atoms with Gasteiger partial charge in [-0.2, -0.15) is 0 Å². The van der Waals surface area contributed by atoms with Crippen molar-refractivity contribution in [3.8, 4) is 0 Å².